The van der Waals surface area contributed by atoms with Crippen molar-refractivity contribution in [3.05, 3.63) is 17.1 Å². The summed E-state index contributed by atoms with van der Waals surface area (Å²) in [6.45, 7) is 2.10. The SMILES string of the molecule is Cc1cc[n+](C)s1.[I-]. The molecule has 0 atom stereocenters. The van der Waals surface area contributed by atoms with Crippen LogP contribution in [0, 0.1) is 6.92 Å². The summed E-state index contributed by atoms with van der Waals surface area (Å²) in [6.07, 6.45) is 2.06. The zero-order valence-electron chi connectivity index (χ0n) is 4.89. The molecule has 46 valence electrons. The van der Waals surface area contributed by atoms with Crippen molar-refractivity contribution in [2.45, 2.75) is 6.92 Å². The predicted octanol–water partition coefficient (Wildman–Crippen LogP) is -2.11. The second-order valence-electron chi connectivity index (χ2n) is 1.56. The Bertz CT molecular complexity index is 145. The van der Waals surface area contributed by atoms with E-state index in [1.807, 2.05) is 7.05 Å². The van der Waals surface area contributed by atoms with Crippen LogP contribution in [0.4, 0.5) is 0 Å². The zero-order chi connectivity index (χ0) is 5.28. The van der Waals surface area contributed by atoms with Crippen LogP contribution in [0.25, 0.3) is 0 Å². The van der Waals surface area contributed by atoms with Gasteiger partial charge in [0.05, 0.1) is 4.88 Å². The van der Waals surface area contributed by atoms with Gasteiger partial charge in [0.2, 0.25) is 0 Å². The first kappa shape index (κ1) is 8.36. The highest BCUT2D eigenvalue weighted by atomic mass is 127. The molecule has 0 aliphatic rings. The van der Waals surface area contributed by atoms with E-state index < -0.39 is 0 Å². The molecular weight excluding hydrogens is 233 g/mol. The van der Waals surface area contributed by atoms with E-state index in [1.54, 1.807) is 11.5 Å². The summed E-state index contributed by atoms with van der Waals surface area (Å²) in [6, 6.07) is 2.10. The van der Waals surface area contributed by atoms with Gasteiger partial charge < -0.3 is 24.0 Å². The molecule has 1 aromatic rings. The van der Waals surface area contributed by atoms with Crippen LogP contribution in [0.5, 0.6) is 0 Å². The Morgan fingerprint density at radius 1 is 1.62 bits per heavy atom. The highest BCUT2D eigenvalue weighted by Gasteiger charge is 1.92. The van der Waals surface area contributed by atoms with Gasteiger partial charge in [0.25, 0.3) is 0 Å². The normalized spacial score (nSPS) is 8.25. The highest BCUT2D eigenvalue weighted by molar-refractivity contribution is 7.01. The number of hydrogen-bond acceptors (Lipinski definition) is 1. The van der Waals surface area contributed by atoms with Crippen molar-refractivity contribution in [3.63, 3.8) is 0 Å². The van der Waals surface area contributed by atoms with E-state index in [2.05, 4.69) is 23.1 Å². The highest BCUT2D eigenvalue weighted by Crippen LogP contribution is 1.96. The van der Waals surface area contributed by atoms with Crippen molar-refractivity contribution in [1.29, 1.82) is 0 Å². The summed E-state index contributed by atoms with van der Waals surface area (Å²) in [4.78, 5) is 1.36. The van der Waals surface area contributed by atoms with Crippen molar-refractivity contribution in [2.75, 3.05) is 0 Å². The lowest BCUT2D eigenvalue weighted by Gasteiger charge is -1.64. The summed E-state index contributed by atoms with van der Waals surface area (Å²) < 4.78 is 2.08. The first-order valence-corrected chi connectivity index (χ1v) is 2.99. The Kier molecular flexibility index (Phi) is 3.55. The minimum absolute atomic E-state index is 0. The van der Waals surface area contributed by atoms with Gasteiger partial charge in [-0.1, -0.05) is 0 Å². The molecule has 1 rings (SSSR count). The number of halogens is 1. The van der Waals surface area contributed by atoms with Gasteiger partial charge in [0.1, 0.15) is 11.5 Å². The van der Waals surface area contributed by atoms with Crippen molar-refractivity contribution >= 4 is 11.5 Å². The van der Waals surface area contributed by atoms with Gasteiger partial charge in [0, 0.05) is 6.07 Å². The van der Waals surface area contributed by atoms with Crippen LogP contribution < -0.4 is 27.9 Å². The second-order valence-corrected chi connectivity index (χ2v) is 2.97. The number of aromatic nitrogens is 1. The fourth-order valence-electron chi connectivity index (χ4n) is 0.498. The third-order valence-corrected chi connectivity index (χ3v) is 1.64. The predicted molar refractivity (Wildman–Crippen MR) is 30.2 cm³/mol. The third kappa shape index (κ3) is 2.09. The quantitative estimate of drug-likeness (QED) is 0.361. The van der Waals surface area contributed by atoms with Crippen LogP contribution in [0.2, 0.25) is 0 Å². The molecule has 0 spiro atoms. The minimum atomic E-state index is 0. The van der Waals surface area contributed by atoms with Crippen molar-refractivity contribution < 1.29 is 27.9 Å². The smallest absolute Gasteiger partial charge is 0.184 e. The molecule has 0 bridgehead atoms. The largest absolute Gasteiger partial charge is 1.00 e. The Morgan fingerprint density at radius 2 is 2.25 bits per heavy atom. The van der Waals surface area contributed by atoms with E-state index in [0.717, 1.165) is 0 Å². The lowest BCUT2D eigenvalue weighted by Crippen LogP contribution is -3.00. The van der Waals surface area contributed by atoms with Gasteiger partial charge in [-0.25, -0.2) is 0 Å². The summed E-state index contributed by atoms with van der Waals surface area (Å²) in [5, 5.41) is 0. The lowest BCUT2D eigenvalue weighted by atomic mass is 10.6. The Morgan fingerprint density at radius 3 is 2.38 bits per heavy atom. The molecule has 1 aromatic heterocycles. The van der Waals surface area contributed by atoms with Crippen molar-refractivity contribution in [1.82, 2.24) is 0 Å². The molecule has 1 heterocycles. The van der Waals surface area contributed by atoms with Gasteiger partial charge in [-0.2, -0.15) is 0 Å². The summed E-state index contributed by atoms with van der Waals surface area (Å²) in [5.74, 6) is 0. The monoisotopic (exact) mass is 241 g/mol. The molecule has 0 amide bonds. The topological polar surface area (TPSA) is 3.88 Å². The van der Waals surface area contributed by atoms with E-state index >= 15 is 0 Å². The molecule has 8 heavy (non-hydrogen) atoms. The molecule has 1 nitrogen and oxygen atoms in total. The average Bonchev–Trinajstić information content (AvgIpc) is 1.87. The fourth-order valence-corrected chi connectivity index (χ4v) is 1.20. The van der Waals surface area contributed by atoms with E-state index in [9.17, 15) is 0 Å². The first-order chi connectivity index (χ1) is 3.29. The van der Waals surface area contributed by atoms with E-state index in [4.69, 9.17) is 0 Å². The minimum Gasteiger partial charge on any atom is -1.00 e. The Labute approximate surface area is 70.5 Å². The zero-order valence-corrected chi connectivity index (χ0v) is 7.86. The molecular formula is C5H8INS. The van der Waals surface area contributed by atoms with Crippen LogP contribution in [0.1, 0.15) is 4.88 Å². The van der Waals surface area contributed by atoms with Gasteiger partial charge in [-0.3, -0.25) is 0 Å². The maximum atomic E-state index is 2.10. The summed E-state index contributed by atoms with van der Waals surface area (Å²) in [5.41, 5.74) is 0. The maximum Gasteiger partial charge on any atom is 0.184 e. The van der Waals surface area contributed by atoms with Gasteiger partial charge in [0.15, 0.2) is 13.2 Å². The second kappa shape index (κ2) is 3.40. The molecule has 0 fully saturated rings. The molecule has 3 heteroatoms. The van der Waals surface area contributed by atoms with Gasteiger partial charge in [-0.15, -0.1) is 3.96 Å². The van der Waals surface area contributed by atoms with Crippen molar-refractivity contribution in [3.8, 4) is 0 Å². The third-order valence-electron chi connectivity index (χ3n) is 0.807. The lowest BCUT2D eigenvalue weighted by molar-refractivity contribution is -0.600. The average molecular weight is 241 g/mol. The molecule has 0 aliphatic carbocycles. The first-order valence-electron chi connectivity index (χ1n) is 2.21. The molecule has 0 radical (unpaired) electrons. The molecule has 0 N–H and O–H groups in total. The maximum absolute atomic E-state index is 2.10. The molecule has 0 aliphatic heterocycles. The van der Waals surface area contributed by atoms with Crippen LogP contribution in [0.3, 0.4) is 0 Å². The standard InChI is InChI=1S/C5H8NS.HI/c1-5-3-4-6(2)7-5;/h3-4H,1-2H3;1H/q+1;/p-1. The number of rotatable bonds is 0. The Hall–Kier alpha value is 0.360. The van der Waals surface area contributed by atoms with Crippen LogP contribution in [-0.4, -0.2) is 0 Å². The van der Waals surface area contributed by atoms with E-state index in [1.165, 1.54) is 4.88 Å². The fraction of sp³-hybridized carbons (Fsp3) is 0.400. The van der Waals surface area contributed by atoms with Crippen LogP contribution in [-0.2, 0) is 7.05 Å². The van der Waals surface area contributed by atoms with E-state index in [-0.39, 0.29) is 24.0 Å². The summed E-state index contributed by atoms with van der Waals surface area (Å²) in [7, 11) is 2.04. The molecule has 0 aromatic carbocycles. The van der Waals surface area contributed by atoms with E-state index in [0.29, 0.717) is 0 Å². The molecule has 0 saturated heterocycles. The molecule has 0 unspecified atom stereocenters. The van der Waals surface area contributed by atoms with Crippen molar-refractivity contribution in [2.24, 2.45) is 7.05 Å². The number of hydrogen-bond donors (Lipinski definition) is 0. The van der Waals surface area contributed by atoms with Gasteiger partial charge in [-0.05, 0) is 6.92 Å². The number of aryl methyl sites for hydroxylation is 2. The molecule has 0 saturated carbocycles. The van der Waals surface area contributed by atoms with Crippen LogP contribution >= 0.6 is 11.5 Å². The Balaban J connectivity index is 0.000000490. The van der Waals surface area contributed by atoms with Gasteiger partial charge >= 0.3 is 0 Å². The van der Waals surface area contributed by atoms with Crippen LogP contribution in [0.15, 0.2) is 12.3 Å². The number of nitrogens with zero attached hydrogens (tertiary/aromatic N) is 1. The summed E-state index contributed by atoms with van der Waals surface area (Å²) >= 11 is 1.76.